The summed E-state index contributed by atoms with van der Waals surface area (Å²) in [6.07, 6.45) is 3.34. The predicted molar refractivity (Wildman–Crippen MR) is 80.6 cm³/mol. The Bertz CT molecular complexity index is 616. The monoisotopic (exact) mass is 336 g/mol. The topological polar surface area (TPSA) is 42.0 Å². The second-order valence-electron chi connectivity index (χ2n) is 3.96. The van der Waals surface area contributed by atoms with Gasteiger partial charge in [-0.25, -0.2) is 0 Å². The highest BCUT2D eigenvalue weighted by atomic mass is 79.9. The quantitative estimate of drug-likeness (QED) is 0.929. The minimum absolute atomic E-state index is 0.0984. The number of rotatable bonds is 3. The van der Waals surface area contributed by atoms with E-state index in [2.05, 4.69) is 32.3 Å². The van der Waals surface area contributed by atoms with Crippen molar-refractivity contribution in [3.05, 3.63) is 52.3 Å². The lowest BCUT2D eigenvalue weighted by Gasteiger charge is -2.08. The average Bonchev–Trinajstić information content (AvgIpc) is 2.43. The number of amides is 1. The first-order chi connectivity index (χ1) is 9.11. The molecule has 0 unspecified atom stereocenters. The molecule has 2 aromatic rings. The molecule has 0 spiro atoms. The van der Waals surface area contributed by atoms with Crippen LogP contribution in [0.3, 0.4) is 0 Å². The van der Waals surface area contributed by atoms with Gasteiger partial charge < -0.3 is 5.32 Å². The van der Waals surface area contributed by atoms with E-state index < -0.39 is 0 Å². The van der Waals surface area contributed by atoms with E-state index in [4.69, 9.17) is 0 Å². The molecule has 1 aromatic carbocycles. The molecule has 1 N–H and O–H groups in total. The highest BCUT2D eigenvalue weighted by Crippen LogP contribution is 2.32. The first kappa shape index (κ1) is 14.1. The van der Waals surface area contributed by atoms with Crippen molar-refractivity contribution < 1.29 is 4.79 Å². The smallest absolute Gasteiger partial charge is 0.252 e. The number of benzene rings is 1. The molecular formula is C14H13BrN2OS. The standard InChI is InChI=1S/C14H13BrN2OS/c1-9-7-10(3-4-12(9)15)19-13-8-17-6-5-11(13)14(18)16-2/h3-8H,1-2H3,(H,16,18). The van der Waals surface area contributed by atoms with Crippen LogP contribution in [0.4, 0.5) is 0 Å². The number of aryl methyl sites for hydroxylation is 1. The minimum Gasteiger partial charge on any atom is -0.355 e. The Hall–Kier alpha value is -1.33. The molecule has 3 nitrogen and oxygen atoms in total. The summed E-state index contributed by atoms with van der Waals surface area (Å²) in [5.41, 5.74) is 1.80. The molecule has 1 amide bonds. The summed E-state index contributed by atoms with van der Waals surface area (Å²) in [6.45, 7) is 2.04. The third kappa shape index (κ3) is 3.36. The van der Waals surface area contributed by atoms with Crippen LogP contribution in [0.1, 0.15) is 15.9 Å². The van der Waals surface area contributed by atoms with Gasteiger partial charge in [0.2, 0.25) is 0 Å². The first-order valence-corrected chi connectivity index (χ1v) is 7.33. The zero-order valence-corrected chi connectivity index (χ0v) is 13.0. The van der Waals surface area contributed by atoms with Gasteiger partial charge in [0.15, 0.2) is 0 Å². The van der Waals surface area contributed by atoms with Crippen LogP contribution in [0.25, 0.3) is 0 Å². The number of aromatic nitrogens is 1. The molecule has 1 heterocycles. The number of hydrogen-bond acceptors (Lipinski definition) is 3. The molecule has 2 rings (SSSR count). The number of pyridine rings is 1. The van der Waals surface area contributed by atoms with Crippen molar-refractivity contribution in [2.75, 3.05) is 7.05 Å². The van der Waals surface area contributed by atoms with E-state index in [1.807, 2.05) is 19.1 Å². The van der Waals surface area contributed by atoms with Crippen LogP contribution in [-0.2, 0) is 0 Å². The van der Waals surface area contributed by atoms with E-state index in [-0.39, 0.29) is 5.91 Å². The van der Waals surface area contributed by atoms with Gasteiger partial charge in [-0.1, -0.05) is 27.7 Å². The van der Waals surface area contributed by atoms with E-state index in [0.29, 0.717) is 5.56 Å². The van der Waals surface area contributed by atoms with Crippen molar-refractivity contribution in [2.24, 2.45) is 0 Å². The first-order valence-electron chi connectivity index (χ1n) is 5.72. The number of nitrogens with one attached hydrogen (secondary N) is 1. The fraction of sp³-hybridized carbons (Fsp3) is 0.143. The molecule has 0 radical (unpaired) electrons. The predicted octanol–water partition coefficient (Wildman–Crippen LogP) is 3.66. The van der Waals surface area contributed by atoms with Crippen molar-refractivity contribution in [3.8, 4) is 0 Å². The van der Waals surface area contributed by atoms with Gasteiger partial charge in [-0.15, -0.1) is 0 Å². The van der Waals surface area contributed by atoms with E-state index in [0.717, 1.165) is 19.8 Å². The Labute approximate surface area is 125 Å². The molecule has 98 valence electrons. The molecular weight excluding hydrogens is 324 g/mol. The molecule has 1 aromatic heterocycles. The molecule has 19 heavy (non-hydrogen) atoms. The van der Waals surface area contributed by atoms with E-state index in [9.17, 15) is 4.79 Å². The Balaban J connectivity index is 2.32. The molecule has 0 bridgehead atoms. The summed E-state index contributed by atoms with van der Waals surface area (Å²) in [5, 5.41) is 2.64. The SMILES string of the molecule is CNC(=O)c1ccncc1Sc1ccc(Br)c(C)c1. The highest BCUT2D eigenvalue weighted by molar-refractivity contribution is 9.10. The Morgan fingerprint density at radius 1 is 1.37 bits per heavy atom. The van der Waals surface area contributed by atoms with Crippen molar-refractivity contribution in [1.82, 2.24) is 10.3 Å². The van der Waals surface area contributed by atoms with Gasteiger partial charge in [0.25, 0.3) is 5.91 Å². The summed E-state index contributed by atoms with van der Waals surface area (Å²) in [5.74, 6) is -0.0984. The number of carbonyl (C=O) groups excluding carboxylic acids is 1. The van der Waals surface area contributed by atoms with E-state index in [1.165, 1.54) is 11.8 Å². The molecule has 0 atom stereocenters. The molecule has 0 saturated carbocycles. The van der Waals surface area contributed by atoms with Crippen LogP contribution in [-0.4, -0.2) is 17.9 Å². The zero-order valence-electron chi connectivity index (χ0n) is 10.6. The van der Waals surface area contributed by atoms with Gasteiger partial charge in [0, 0.05) is 33.7 Å². The Kier molecular flexibility index (Phi) is 4.61. The van der Waals surface area contributed by atoms with Gasteiger partial charge in [0.1, 0.15) is 0 Å². The number of halogens is 1. The van der Waals surface area contributed by atoms with Gasteiger partial charge in [-0.2, -0.15) is 0 Å². The molecule has 0 saturated heterocycles. The van der Waals surface area contributed by atoms with E-state index >= 15 is 0 Å². The largest absolute Gasteiger partial charge is 0.355 e. The van der Waals surface area contributed by atoms with Crippen molar-refractivity contribution in [1.29, 1.82) is 0 Å². The summed E-state index contributed by atoms with van der Waals surface area (Å²) < 4.78 is 1.08. The van der Waals surface area contributed by atoms with Crippen LogP contribution in [0.5, 0.6) is 0 Å². The molecule has 0 aliphatic carbocycles. The van der Waals surface area contributed by atoms with Gasteiger partial charge >= 0.3 is 0 Å². The van der Waals surface area contributed by atoms with Crippen LogP contribution >= 0.6 is 27.7 Å². The van der Waals surface area contributed by atoms with Crippen molar-refractivity contribution >= 4 is 33.6 Å². The lowest BCUT2D eigenvalue weighted by molar-refractivity contribution is 0.0960. The number of nitrogens with zero attached hydrogens (tertiary/aromatic N) is 1. The molecule has 0 aliphatic heterocycles. The molecule has 0 fully saturated rings. The minimum atomic E-state index is -0.0984. The second kappa shape index (κ2) is 6.21. The van der Waals surface area contributed by atoms with Crippen LogP contribution in [0.15, 0.2) is 50.9 Å². The fourth-order valence-corrected chi connectivity index (χ4v) is 2.85. The third-order valence-corrected chi connectivity index (χ3v) is 4.54. The molecule has 0 aliphatic rings. The van der Waals surface area contributed by atoms with Crippen molar-refractivity contribution in [2.45, 2.75) is 16.7 Å². The van der Waals surface area contributed by atoms with Gasteiger partial charge in [-0.3, -0.25) is 9.78 Å². The maximum Gasteiger partial charge on any atom is 0.252 e. The maximum absolute atomic E-state index is 11.8. The van der Waals surface area contributed by atoms with Crippen molar-refractivity contribution in [3.63, 3.8) is 0 Å². The van der Waals surface area contributed by atoms with Crippen LogP contribution in [0, 0.1) is 6.92 Å². The number of carbonyl (C=O) groups is 1. The van der Waals surface area contributed by atoms with Crippen LogP contribution < -0.4 is 5.32 Å². The van der Waals surface area contributed by atoms with Gasteiger partial charge in [-0.05, 0) is 36.8 Å². The third-order valence-electron chi connectivity index (χ3n) is 2.61. The lowest BCUT2D eigenvalue weighted by Crippen LogP contribution is -2.18. The Morgan fingerprint density at radius 2 is 2.16 bits per heavy atom. The zero-order chi connectivity index (χ0) is 13.8. The van der Waals surface area contributed by atoms with Gasteiger partial charge in [0.05, 0.1) is 5.56 Å². The number of hydrogen-bond donors (Lipinski definition) is 1. The summed E-state index contributed by atoms with van der Waals surface area (Å²) in [6, 6.07) is 7.83. The molecule has 5 heteroatoms. The fourth-order valence-electron chi connectivity index (χ4n) is 1.59. The summed E-state index contributed by atoms with van der Waals surface area (Å²) in [4.78, 5) is 17.8. The highest BCUT2D eigenvalue weighted by Gasteiger charge is 2.11. The Morgan fingerprint density at radius 3 is 2.84 bits per heavy atom. The normalized spacial score (nSPS) is 10.3. The average molecular weight is 337 g/mol. The van der Waals surface area contributed by atoms with Crippen LogP contribution in [0.2, 0.25) is 0 Å². The summed E-state index contributed by atoms with van der Waals surface area (Å²) >= 11 is 5.01. The maximum atomic E-state index is 11.8. The lowest BCUT2D eigenvalue weighted by atomic mass is 10.2. The second-order valence-corrected chi connectivity index (χ2v) is 5.93. The van der Waals surface area contributed by atoms with E-state index in [1.54, 1.807) is 25.5 Å². The summed E-state index contributed by atoms with van der Waals surface area (Å²) in [7, 11) is 1.63.